The normalized spacial score (nSPS) is 15.7. The first-order valence-electron chi connectivity index (χ1n) is 8.80. The Kier molecular flexibility index (Phi) is 5.86. The Morgan fingerprint density at radius 1 is 1.26 bits per heavy atom. The third kappa shape index (κ3) is 4.52. The lowest BCUT2D eigenvalue weighted by molar-refractivity contribution is -0.112. The van der Waals surface area contributed by atoms with Crippen LogP contribution < -0.4 is 15.4 Å². The van der Waals surface area contributed by atoms with Crippen LogP contribution in [0.25, 0.3) is 6.08 Å². The zero-order chi connectivity index (χ0) is 19.4. The molecule has 1 aliphatic rings. The van der Waals surface area contributed by atoms with E-state index in [-0.39, 0.29) is 17.9 Å². The fourth-order valence-electron chi connectivity index (χ4n) is 2.56. The first-order valence-corrected chi connectivity index (χ1v) is 9.61. The average molecular weight is 382 g/mol. The molecule has 0 spiro atoms. The smallest absolute Gasteiger partial charge is 0.262 e. The Morgan fingerprint density at radius 2 is 2.00 bits per heavy atom. The molecule has 0 unspecified atom stereocenters. The maximum Gasteiger partial charge on any atom is 0.262 e. The summed E-state index contributed by atoms with van der Waals surface area (Å²) in [6.45, 7) is 3.98. The van der Waals surface area contributed by atoms with Gasteiger partial charge >= 0.3 is 0 Å². The van der Waals surface area contributed by atoms with E-state index in [2.05, 4.69) is 10.6 Å². The Labute approximate surface area is 163 Å². The molecule has 0 saturated heterocycles. The summed E-state index contributed by atoms with van der Waals surface area (Å²) >= 11 is 1.39. The highest BCUT2D eigenvalue weighted by atomic mass is 32.2. The van der Waals surface area contributed by atoms with Gasteiger partial charge in [-0.3, -0.25) is 9.59 Å². The van der Waals surface area contributed by atoms with Gasteiger partial charge in [0.05, 0.1) is 17.7 Å². The lowest BCUT2D eigenvalue weighted by Gasteiger charge is -2.20. The number of methoxy groups -OCH3 is 1. The summed E-state index contributed by atoms with van der Waals surface area (Å²) < 4.78 is 5.15. The molecule has 1 atom stereocenters. The van der Waals surface area contributed by atoms with Crippen LogP contribution in [0.1, 0.15) is 36.2 Å². The van der Waals surface area contributed by atoms with Gasteiger partial charge in [0, 0.05) is 16.5 Å². The van der Waals surface area contributed by atoms with Crippen LogP contribution in [0, 0.1) is 0 Å². The number of nitrogens with one attached hydrogen (secondary N) is 2. The van der Waals surface area contributed by atoms with Crippen LogP contribution in [0.4, 0.5) is 5.69 Å². The zero-order valence-electron chi connectivity index (χ0n) is 15.5. The lowest BCUT2D eigenvalue weighted by Crippen LogP contribution is -2.32. The van der Waals surface area contributed by atoms with Gasteiger partial charge in [0.25, 0.3) is 11.8 Å². The van der Waals surface area contributed by atoms with Crippen molar-refractivity contribution in [1.29, 1.82) is 0 Å². The van der Waals surface area contributed by atoms with E-state index in [1.807, 2.05) is 50.3 Å². The second-order valence-electron chi connectivity index (χ2n) is 6.33. The predicted octanol–water partition coefficient (Wildman–Crippen LogP) is 4.31. The third-order valence-corrected chi connectivity index (χ3v) is 5.44. The van der Waals surface area contributed by atoms with Gasteiger partial charge in [-0.2, -0.15) is 0 Å². The summed E-state index contributed by atoms with van der Waals surface area (Å²) in [5.41, 5.74) is 2.12. The van der Waals surface area contributed by atoms with Crippen molar-refractivity contribution in [1.82, 2.24) is 5.32 Å². The number of thioether (sulfide) groups is 1. The number of hydrogen-bond acceptors (Lipinski definition) is 4. The van der Waals surface area contributed by atoms with Gasteiger partial charge in [0.2, 0.25) is 0 Å². The molecule has 140 valence electrons. The third-order valence-electron chi connectivity index (χ3n) is 4.34. The number of benzene rings is 2. The summed E-state index contributed by atoms with van der Waals surface area (Å²) in [5.74, 6) is 0.459. The van der Waals surface area contributed by atoms with Gasteiger partial charge in [-0.25, -0.2) is 0 Å². The highest BCUT2D eigenvalue weighted by Crippen LogP contribution is 2.39. The number of hydrogen-bond donors (Lipinski definition) is 2. The monoisotopic (exact) mass is 382 g/mol. The van der Waals surface area contributed by atoms with Crippen molar-refractivity contribution in [3.05, 3.63) is 58.5 Å². The van der Waals surface area contributed by atoms with Gasteiger partial charge < -0.3 is 15.4 Å². The van der Waals surface area contributed by atoms with E-state index >= 15 is 0 Å². The first kappa shape index (κ1) is 19.0. The number of rotatable bonds is 5. The van der Waals surface area contributed by atoms with Crippen molar-refractivity contribution >= 4 is 35.3 Å². The zero-order valence-corrected chi connectivity index (χ0v) is 16.4. The summed E-state index contributed by atoms with van der Waals surface area (Å²) in [6, 6.07) is 13.0. The van der Waals surface area contributed by atoms with Crippen molar-refractivity contribution in [2.45, 2.75) is 31.2 Å². The molecule has 0 aliphatic carbocycles. The molecular weight excluding hydrogens is 360 g/mol. The molecule has 0 fully saturated rings. The van der Waals surface area contributed by atoms with Gasteiger partial charge in [-0.1, -0.05) is 30.8 Å². The minimum Gasteiger partial charge on any atom is -0.497 e. The van der Waals surface area contributed by atoms with E-state index in [0.717, 1.165) is 22.6 Å². The maximum absolute atomic E-state index is 12.5. The van der Waals surface area contributed by atoms with E-state index in [0.29, 0.717) is 16.2 Å². The number of amides is 2. The number of carbonyl (C=O) groups is 2. The van der Waals surface area contributed by atoms with Crippen molar-refractivity contribution in [2.75, 3.05) is 12.4 Å². The van der Waals surface area contributed by atoms with Crippen LogP contribution in [-0.2, 0) is 4.79 Å². The van der Waals surface area contributed by atoms with Crippen LogP contribution in [0.3, 0.4) is 0 Å². The Balaban J connectivity index is 1.80. The summed E-state index contributed by atoms with van der Waals surface area (Å²) in [4.78, 5) is 26.3. The van der Waals surface area contributed by atoms with Gasteiger partial charge in [0.1, 0.15) is 5.75 Å². The molecule has 27 heavy (non-hydrogen) atoms. The second-order valence-corrected chi connectivity index (χ2v) is 7.42. The van der Waals surface area contributed by atoms with Crippen LogP contribution in [0.5, 0.6) is 5.75 Å². The molecule has 6 heteroatoms. The molecule has 0 radical (unpaired) electrons. The molecule has 5 nitrogen and oxygen atoms in total. The van der Waals surface area contributed by atoms with Crippen molar-refractivity contribution in [3.63, 3.8) is 0 Å². The summed E-state index contributed by atoms with van der Waals surface area (Å²) in [5, 5.41) is 5.82. The standard InChI is InChI=1S/C21H22N2O3S/c1-4-13(2)22-20(24)15-7-10-18-17(12-15)23-21(25)19(27-18)11-14-5-8-16(26-3)9-6-14/h5-13H,4H2,1-3H3,(H,22,24)(H,23,25)/b19-11+/t13-/m0/s1. The molecule has 3 rings (SSSR count). The van der Waals surface area contributed by atoms with Gasteiger partial charge in [0.15, 0.2) is 0 Å². The molecule has 0 bridgehead atoms. The molecule has 2 aromatic carbocycles. The molecular formula is C21H22N2O3S. The molecule has 0 aromatic heterocycles. The lowest BCUT2D eigenvalue weighted by atomic mass is 10.1. The largest absolute Gasteiger partial charge is 0.497 e. The van der Waals surface area contributed by atoms with E-state index in [1.165, 1.54) is 11.8 Å². The van der Waals surface area contributed by atoms with Crippen molar-refractivity contribution < 1.29 is 14.3 Å². The number of anilines is 1. The van der Waals surface area contributed by atoms with E-state index in [4.69, 9.17) is 4.74 Å². The molecule has 1 aliphatic heterocycles. The van der Waals surface area contributed by atoms with Crippen LogP contribution in [-0.4, -0.2) is 25.0 Å². The summed E-state index contributed by atoms with van der Waals surface area (Å²) in [7, 11) is 1.62. The van der Waals surface area contributed by atoms with Crippen molar-refractivity contribution in [3.8, 4) is 5.75 Å². The predicted molar refractivity (Wildman–Crippen MR) is 109 cm³/mol. The molecule has 2 amide bonds. The van der Waals surface area contributed by atoms with Crippen LogP contribution in [0.15, 0.2) is 52.3 Å². The number of carbonyl (C=O) groups excluding carboxylic acids is 2. The average Bonchev–Trinajstić information content (AvgIpc) is 2.68. The van der Waals surface area contributed by atoms with Crippen molar-refractivity contribution in [2.24, 2.45) is 0 Å². The van der Waals surface area contributed by atoms with Crippen LogP contribution >= 0.6 is 11.8 Å². The molecule has 2 aromatic rings. The van der Waals surface area contributed by atoms with E-state index in [9.17, 15) is 9.59 Å². The highest BCUT2D eigenvalue weighted by Gasteiger charge is 2.22. The quantitative estimate of drug-likeness (QED) is 0.756. The fourth-order valence-corrected chi connectivity index (χ4v) is 3.49. The fraction of sp³-hybridized carbons (Fsp3) is 0.238. The molecule has 1 heterocycles. The topological polar surface area (TPSA) is 67.4 Å². The van der Waals surface area contributed by atoms with E-state index in [1.54, 1.807) is 19.2 Å². The van der Waals surface area contributed by atoms with E-state index < -0.39 is 0 Å². The molecule has 2 N–H and O–H groups in total. The van der Waals surface area contributed by atoms with Gasteiger partial charge in [-0.15, -0.1) is 0 Å². The highest BCUT2D eigenvalue weighted by molar-refractivity contribution is 8.04. The maximum atomic E-state index is 12.5. The minimum atomic E-state index is -0.178. The SMILES string of the molecule is CC[C@H](C)NC(=O)c1ccc2c(c1)NC(=O)/C(=C\c1ccc(OC)cc1)S2. The second kappa shape index (κ2) is 8.31. The first-order chi connectivity index (χ1) is 13.0. The minimum absolute atomic E-state index is 0.108. The van der Waals surface area contributed by atoms with Crippen LogP contribution in [0.2, 0.25) is 0 Å². The number of fused-ring (bicyclic) bond motifs is 1. The summed E-state index contributed by atoms with van der Waals surface area (Å²) in [6.07, 6.45) is 2.70. The Hall–Kier alpha value is -2.73. The number of ether oxygens (including phenoxy) is 1. The van der Waals surface area contributed by atoms with Gasteiger partial charge in [-0.05, 0) is 55.3 Å². The Bertz CT molecular complexity index is 891. The molecule has 0 saturated carbocycles. The Morgan fingerprint density at radius 3 is 2.67 bits per heavy atom.